The van der Waals surface area contributed by atoms with E-state index in [9.17, 15) is 14.4 Å². The van der Waals surface area contributed by atoms with Crippen molar-refractivity contribution in [2.45, 2.75) is 18.9 Å². The van der Waals surface area contributed by atoms with Crippen LogP contribution in [0.4, 0.5) is 5.69 Å². The monoisotopic (exact) mass is 432 g/mol. The van der Waals surface area contributed by atoms with Gasteiger partial charge in [0.1, 0.15) is 17.1 Å². The molecule has 2 aromatic carbocycles. The average molecular weight is 433 g/mol. The molecule has 2 aromatic rings. The van der Waals surface area contributed by atoms with Gasteiger partial charge >= 0.3 is 5.97 Å². The van der Waals surface area contributed by atoms with Crippen molar-refractivity contribution in [3.63, 3.8) is 0 Å². The lowest BCUT2D eigenvalue weighted by atomic mass is 10.2. The van der Waals surface area contributed by atoms with Crippen LogP contribution in [0, 0.1) is 0 Å². The number of carbonyl (C=O) groups excluding carboxylic acids is 3. The van der Waals surface area contributed by atoms with Gasteiger partial charge in [-0.2, -0.15) is 0 Å². The van der Waals surface area contributed by atoms with E-state index < -0.39 is 11.9 Å². The predicted octanol–water partition coefficient (Wildman–Crippen LogP) is 2.80. The molecule has 1 saturated carbocycles. The molecule has 0 bridgehead atoms. The number of benzene rings is 2. The minimum Gasteiger partial charge on any atom is -0.495 e. The Bertz CT molecular complexity index is 945. The molecule has 8 nitrogen and oxygen atoms in total. The number of esters is 1. The van der Waals surface area contributed by atoms with Gasteiger partial charge in [-0.05, 0) is 43.2 Å². The lowest BCUT2D eigenvalue weighted by molar-refractivity contribution is -0.124. The van der Waals surface area contributed by atoms with Gasteiger partial charge in [-0.25, -0.2) is 4.79 Å². The van der Waals surface area contributed by atoms with Gasteiger partial charge in [-0.3, -0.25) is 9.59 Å². The van der Waals surface area contributed by atoms with Crippen molar-refractivity contribution in [3.05, 3.63) is 53.1 Å². The fourth-order valence-electron chi connectivity index (χ4n) is 2.55. The van der Waals surface area contributed by atoms with Gasteiger partial charge in [0.15, 0.2) is 13.2 Å². The molecule has 1 aliphatic carbocycles. The van der Waals surface area contributed by atoms with E-state index in [1.54, 1.807) is 36.4 Å². The fraction of sp³-hybridized carbons (Fsp3) is 0.286. The lowest BCUT2D eigenvalue weighted by Crippen LogP contribution is -2.30. The molecular weight excluding hydrogens is 412 g/mol. The van der Waals surface area contributed by atoms with E-state index in [4.69, 9.17) is 25.8 Å². The zero-order valence-corrected chi connectivity index (χ0v) is 17.0. The number of anilines is 1. The number of amides is 2. The fourth-order valence-corrected chi connectivity index (χ4v) is 2.81. The SMILES string of the molecule is COc1ccc(NC(=O)COc2ccccc2C(=O)OCC(=O)NC2CC2)cc1Cl. The van der Waals surface area contributed by atoms with Crippen molar-refractivity contribution in [1.82, 2.24) is 5.32 Å². The molecule has 0 radical (unpaired) electrons. The number of hydrogen-bond acceptors (Lipinski definition) is 6. The van der Waals surface area contributed by atoms with Crippen molar-refractivity contribution in [2.24, 2.45) is 0 Å². The molecule has 0 saturated heterocycles. The summed E-state index contributed by atoms with van der Waals surface area (Å²) in [5.74, 6) is -0.832. The molecule has 3 rings (SSSR count). The molecule has 1 fully saturated rings. The molecule has 0 unspecified atom stereocenters. The molecule has 0 aliphatic heterocycles. The first kappa shape index (κ1) is 21.4. The molecule has 158 valence electrons. The highest BCUT2D eigenvalue weighted by Crippen LogP contribution is 2.27. The minimum atomic E-state index is -0.709. The summed E-state index contributed by atoms with van der Waals surface area (Å²) in [6.45, 7) is -0.710. The molecule has 30 heavy (non-hydrogen) atoms. The third-order valence-electron chi connectivity index (χ3n) is 4.18. The molecule has 1 aliphatic rings. The van der Waals surface area contributed by atoms with Crippen LogP contribution in [0.5, 0.6) is 11.5 Å². The van der Waals surface area contributed by atoms with Crippen molar-refractivity contribution in [1.29, 1.82) is 0 Å². The molecular formula is C21H21ClN2O6. The third-order valence-corrected chi connectivity index (χ3v) is 4.47. The third kappa shape index (κ3) is 6.12. The summed E-state index contributed by atoms with van der Waals surface area (Å²) in [5, 5.41) is 5.73. The molecule has 0 atom stereocenters. The van der Waals surface area contributed by atoms with E-state index in [-0.39, 0.29) is 36.5 Å². The minimum absolute atomic E-state index is 0.122. The molecule has 0 spiro atoms. The molecule has 2 amide bonds. The quantitative estimate of drug-likeness (QED) is 0.590. The Kier molecular flexibility index (Phi) is 7.13. The Morgan fingerprint density at radius 2 is 1.80 bits per heavy atom. The molecule has 0 aromatic heterocycles. The predicted molar refractivity (Wildman–Crippen MR) is 110 cm³/mol. The highest BCUT2D eigenvalue weighted by Gasteiger charge is 2.24. The number of rotatable bonds is 9. The summed E-state index contributed by atoms with van der Waals surface area (Å²) in [5.41, 5.74) is 0.598. The van der Waals surface area contributed by atoms with Gasteiger partial charge in [0.05, 0.1) is 12.1 Å². The standard InChI is InChI=1S/C21H21ClN2O6/c1-28-18-9-8-14(10-16(18)22)24-19(25)11-29-17-5-3-2-4-15(17)21(27)30-12-20(26)23-13-6-7-13/h2-5,8-10,13H,6-7,11-12H2,1H3,(H,23,26)(H,24,25). The van der Waals surface area contributed by atoms with E-state index >= 15 is 0 Å². The Morgan fingerprint density at radius 1 is 1.03 bits per heavy atom. The van der Waals surface area contributed by atoms with E-state index in [2.05, 4.69) is 10.6 Å². The second-order valence-electron chi connectivity index (χ2n) is 6.60. The summed E-state index contributed by atoms with van der Waals surface area (Å²) in [4.78, 5) is 36.1. The van der Waals surface area contributed by atoms with Crippen LogP contribution in [-0.2, 0) is 14.3 Å². The molecule has 9 heteroatoms. The highest BCUT2D eigenvalue weighted by atomic mass is 35.5. The van der Waals surface area contributed by atoms with E-state index in [1.807, 2.05) is 0 Å². The summed E-state index contributed by atoms with van der Waals surface area (Å²) < 4.78 is 15.6. The van der Waals surface area contributed by atoms with Crippen LogP contribution in [-0.4, -0.2) is 44.1 Å². The average Bonchev–Trinajstić information content (AvgIpc) is 3.55. The number of carbonyl (C=O) groups is 3. The second kappa shape index (κ2) is 9.98. The topological polar surface area (TPSA) is 103 Å². The van der Waals surface area contributed by atoms with Crippen molar-refractivity contribution in [2.75, 3.05) is 25.6 Å². The number of methoxy groups -OCH3 is 1. The van der Waals surface area contributed by atoms with Gasteiger partial charge in [-0.1, -0.05) is 23.7 Å². The van der Waals surface area contributed by atoms with Crippen LogP contribution in [0.3, 0.4) is 0 Å². The molecule has 2 N–H and O–H groups in total. The van der Waals surface area contributed by atoms with Gasteiger partial charge in [-0.15, -0.1) is 0 Å². The van der Waals surface area contributed by atoms with Crippen LogP contribution in [0.1, 0.15) is 23.2 Å². The van der Waals surface area contributed by atoms with E-state index in [1.165, 1.54) is 13.2 Å². The number of halogens is 1. The maximum absolute atomic E-state index is 12.3. The zero-order chi connectivity index (χ0) is 21.5. The number of ether oxygens (including phenoxy) is 3. The number of hydrogen-bond donors (Lipinski definition) is 2. The Hall–Kier alpha value is -3.26. The maximum Gasteiger partial charge on any atom is 0.342 e. The summed E-state index contributed by atoms with van der Waals surface area (Å²) >= 11 is 6.04. The summed E-state index contributed by atoms with van der Waals surface area (Å²) in [7, 11) is 1.50. The van der Waals surface area contributed by atoms with Crippen LogP contribution in [0.25, 0.3) is 0 Å². The number of para-hydroxylation sites is 1. The first-order valence-corrected chi connectivity index (χ1v) is 9.65. The Morgan fingerprint density at radius 3 is 2.50 bits per heavy atom. The van der Waals surface area contributed by atoms with Gasteiger partial charge in [0, 0.05) is 11.7 Å². The van der Waals surface area contributed by atoms with E-state index in [0.717, 1.165) is 12.8 Å². The Labute approximate surface area is 178 Å². The highest BCUT2D eigenvalue weighted by molar-refractivity contribution is 6.32. The summed E-state index contributed by atoms with van der Waals surface area (Å²) in [6.07, 6.45) is 1.89. The Balaban J connectivity index is 1.53. The first-order chi connectivity index (χ1) is 14.5. The van der Waals surface area contributed by atoms with Crippen LogP contribution in [0.15, 0.2) is 42.5 Å². The van der Waals surface area contributed by atoms with Crippen molar-refractivity contribution in [3.8, 4) is 11.5 Å². The molecule has 0 heterocycles. The van der Waals surface area contributed by atoms with Crippen LogP contribution in [0.2, 0.25) is 5.02 Å². The summed E-state index contributed by atoms with van der Waals surface area (Å²) in [6, 6.07) is 11.3. The van der Waals surface area contributed by atoms with Gasteiger partial charge < -0.3 is 24.8 Å². The maximum atomic E-state index is 12.3. The van der Waals surface area contributed by atoms with Crippen LogP contribution < -0.4 is 20.1 Å². The second-order valence-corrected chi connectivity index (χ2v) is 7.01. The lowest BCUT2D eigenvalue weighted by Gasteiger charge is -2.12. The van der Waals surface area contributed by atoms with Gasteiger partial charge in [0.25, 0.3) is 11.8 Å². The van der Waals surface area contributed by atoms with Crippen molar-refractivity contribution < 1.29 is 28.6 Å². The van der Waals surface area contributed by atoms with Crippen molar-refractivity contribution >= 4 is 35.1 Å². The largest absolute Gasteiger partial charge is 0.495 e. The van der Waals surface area contributed by atoms with Crippen LogP contribution >= 0.6 is 11.6 Å². The first-order valence-electron chi connectivity index (χ1n) is 9.28. The van der Waals surface area contributed by atoms with E-state index in [0.29, 0.717) is 16.5 Å². The zero-order valence-electron chi connectivity index (χ0n) is 16.3. The van der Waals surface area contributed by atoms with Gasteiger partial charge in [0.2, 0.25) is 0 Å². The number of nitrogens with one attached hydrogen (secondary N) is 2. The normalized spacial score (nSPS) is 12.6. The smallest absolute Gasteiger partial charge is 0.342 e.